The number of aryl methyl sites for hydroxylation is 1. The lowest BCUT2D eigenvalue weighted by molar-refractivity contribution is -0.274. The molecule has 8 heteroatoms. The molecule has 5 nitrogen and oxygen atoms in total. The fourth-order valence-corrected chi connectivity index (χ4v) is 1.18. The number of carbonyl (C=O) groups is 1. The molecule has 0 atom stereocenters. The highest BCUT2D eigenvalue weighted by molar-refractivity contribution is 6.61. The van der Waals surface area contributed by atoms with Crippen molar-refractivity contribution in [2.75, 3.05) is 5.32 Å². The monoisotopic (exact) mass is 273 g/mol. The highest BCUT2D eigenvalue weighted by Gasteiger charge is 2.31. The lowest BCUT2D eigenvalue weighted by atomic mass is 10.2. The van der Waals surface area contributed by atoms with Crippen molar-refractivity contribution < 1.29 is 22.7 Å². The van der Waals surface area contributed by atoms with E-state index in [1.54, 1.807) is 0 Å². The Kier molecular flexibility index (Phi) is 4.26. The van der Waals surface area contributed by atoms with E-state index in [2.05, 4.69) is 10.1 Å². The second-order valence-electron chi connectivity index (χ2n) is 3.54. The Balaban J connectivity index is 2.93. The van der Waals surface area contributed by atoms with E-state index in [1.807, 2.05) is 0 Å². The van der Waals surface area contributed by atoms with Gasteiger partial charge in [-0.25, -0.2) is 0 Å². The van der Waals surface area contributed by atoms with Crippen molar-refractivity contribution in [3.63, 3.8) is 0 Å². The van der Waals surface area contributed by atoms with Crippen LogP contribution in [0.2, 0.25) is 0 Å². The van der Waals surface area contributed by atoms with Gasteiger partial charge in [0.2, 0.25) is 0 Å². The van der Waals surface area contributed by atoms with Gasteiger partial charge in [0.1, 0.15) is 11.5 Å². The van der Waals surface area contributed by atoms with Crippen molar-refractivity contribution >= 4 is 23.5 Å². The minimum atomic E-state index is -4.82. The van der Waals surface area contributed by atoms with Crippen LogP contribution in [0.15, 0.2) is 18.2 Å². The van der Waals surface area contributed by atoms with Gasteiger partial charge < -0.3 is 15.5 Å². The van der Waals surface area contributed by atoms with Crippen LogP contribution < -0.4 is 10.1 Å². The van der Waals surface area contributed by atoms with Gasteiger partial charge in [0, 0.05) is 18.0 Å². The molecule has 0 saturated carbocycles. The molecule has 0 heterocycles. The normalized spacial score (nSPS) is 10.7. The summed E-state index contributed by atoms with van der Waals surface area (Å²) in [5, 5.41) is 16.0. The van der Waals surface area contributed by atoms with Crippen molar-refractivity contribution in [2.24, 2.45) is 0 Å². The SMILES string of the molecule is Cc1ccc(NC(=O)C(=N)C=N)cc1OC(F)(F)F. The average molecular weight is 273 g/mol. The number of hydrogen-bond acceptors (Lipinski definition) is 4. The molecule has 0 spiro atoms. The summed E-state index contributed by atoms with van der Waals surface area (Å²) >= 11 is 0. The van der Waals surface area contributed by atoms with Crippen LogP contribution in [-0.2, 0) is 4.79 Å². The van der Waals surface area contributed by atoms with Crippen LogP contribution in [0.5, 0.6) is 5.75 Å². The summed E-state index contributed by atoms with van der Waals surface area (Å²) in [6, 6.07) is 3.70. The predicted molar refractivity (Wildman–Crippen MR) is 63.0 cm³/mol. The molecule has 0 aliphatic rings. The number of halogens is 3. The first-order valence-corrected chi connectivity index (χ1v) is 4.99. The van der Waals surface area contributed by atoms with Gasteiger partial charge in [-0.3, -0.25) is 10.2 Å². The third kappa shape index (κ3) is 4.41. The Morgan fingerprint density at radius 1 is 1.42 bits per heavy atom. The van der Waals surface area contributed by atoms with Gasteiger partial charge in [-0.05, 0) is 18.6 Å². The van der Waals surface area contributed by atoms with Crippen LogP contribution in [0.3, 0.4) is 0 Å². The van der Waals surface area contributed by atoms with E-state index in [1.165, 1.54) is 19.1 Å². The Morgan fingerprint density at radius 3 is 2.58 bits per heavy atom. The Morgan fingerprint density at radius 2 is 2.05 bits per heavy atom. The predicted octanol–water partition coefficient (Wildman–Crippen LogP) is 2.50. The van der Waals surface area contributed by atoms with Gasteiger partial charge in [0.25, 0.3) is 5.91 Å². The Bertz CT molecular complexity index is 526. The molecule has 0 aliphatic heterocycles. The molecule has 1 amide bonds. The molecule has 1 rings (SSSR count). The van der Waals surface area contributed by atoms with E-state index in [9.17, 15) is 18.0 Å². The zero-order chi connectivity index (χ0) is 14.6. The molecule has 3 N–H and O–H groups in total. The molecule has 1 aromatic carbocycles. The van der Waals surface area contributed by atoms with E-state index in [0.29, 0.717) is 6.21 Å². The van der Waals surface area contributed by atoms with Gasteiger partial charge in [-0.15, -0.1) is 13.2 Å². The summed E-state index contributed by atoms with van der Waals surface area (Å²) in [6.45, 7) is 1.42. The van der Waals surface area contributed by atoms with E-state index in [0.717, 1.165) is 6.07 Å². The molecule has 0 aromatic heterocycles. The first-order valence-electron chi connectivity index (χ1n) is 4.99. The van der Waals surface area contributed by atoms with E-state index in [4.69, 9.17) is 10.8 Å². The highest BCUT2D eigenvalue weighted by Crippen LogP contribution is 2.28. The third-order valence-corrected chi connectivity index (χ3v) is 2.06. The summed E-state index contributed by atoms with van der Waals surface area (Å²) in [5.41, 5.74) is -0.322. The van der Waals surface area contributed by atoms with Crippen LogP contribution >= 0.6 is 0 Å². The zero-order valence-electron chi connectivity index (χ0n) is 9.76. The molecule has 0 saturated heterocycles. The standard InChI is InChI=1S/C11H10F3N3O2/c1-6-2-3-7(17-10(18)8(16)5-15)4-9(6)19-11(12,13)14/h2-5,15-16H,1H3,(H,17,18). The maximum atomic E-state index is 12.1. The van der Waals surface area contributed by atoms with E-state index >= 15 is 0 Å². The molecule has 0 bridgehead atoms. The molecule has 0 radical (unpaired) electrons. The topological polar surface area (TPSA) is 86.0 Å². The Labute approximate surface area is 106 Å². The molecular weight excluding hydrogens is 263 g/mol. The summed E-state index contributed by atoms with van der Waals surface area (Å²) in [5.74, 6) is -1.33. The van der Waals surface area contributed by atoms with Crippen molar-refractivity contribution in [2.45, 2.75) is 13.3 Å². The van der Waals surface area contributed by atoms with Crippen LogP contribution in [0.4, 0.5) is 18.9 Å². The fourth-order valence-electron chi connectivity index (χ4n) is 1.18. The Hall–Kier alpha value is -2.38. The summed E-state index contributed by atoms with van der Waals surface area (Å²) < 4.78 is 40.2. The van der Waals surface area contributed by atoms with Crippen molar-refractivity contribution in [1.29, 1.82) is 10.8 Å². The molecule has 0 unspecified atom stereocenters. The van der Waals surface area contributed by atoms with Crippen molar-refractivity contribution in [1.82, 2.24) is 0 Å². The largest absolute Gasteiger partial charge is 0.573 e. The lowest BCUT2D eigenvalue weighted by Gasteiger charge is -2.13. The van der Waals surface area contributed by atoms with E-state index < -0.39 is 23.7 Å². The second-order valence-corrected chi connectivity index (χ2v) is 3.54. The second kappa shape index (κ2) is 5.51. The van der Waals surface area contributed by atoms with Gasteiger partial charge in [0.15, 0.2) is 0 Å². The van der Waals surface area contributed by atoms with Crippen LogP contribution in [-0.4, -0.2) is 24.2 Å². The number of rotatable bonds is 4. The fraction of sp³-hybridized carbons (Fsp3) is 0.182. The molecule has 0 aliphatic carbocycles. The quantitative estimate of drug-likeness (QED) is 0.736. The minimum Gasteiger partial charge on any atom is -0.405 e. The summed E-state index contributed by atoms with van der Waals surface area (Å²) in [7, 11) is 0. The number of hydrogen-bond donors (Lipinski definition) is 3. The van der Waals surface area contributed by atoms with E-state index in [-0.39, 0.29) is 11.3 Å². The van der Waals surface area contributed by atoms with Crippen molar-refractivity contribution in [3.8, 4) is 5.75 Å². The highest BCUT2D eigenvalue weighted by atomic mass is 19.4. The van der Waals surface area contributed by atoms with Crippen LogP contribution in [0.25, 0.3) is 0 Å². The van der Waals surface area contributed by atoms with Crippen molar-refractivity contribution in [3.05, 3.63) is 23.8 Å². The molecule has 102 valence electrons. The molecule has 19 heavy (non-hydrogen) atoms. The number of benzene rings is 1. The number of amides is 1. The summed E-state index contributed by atoms with van der Waals surface area (Å²) in [4.78, 5) is 11.3. The average Bonchev–Trinajstić information content (AvgIpc) is 2.30. The zero-order valence-corrected chi connectivity index (χ0v) is 9.76. The number of anilines is 1. The lowest BCUT2D eigenvalue weighted by Crippen LogP contribution is -2.23. The van der Waals surface area contributed by atoms with Gasteiger partial charge in [0.05, 0.1) is 0 Å². The number of nitrogens with one attached hydrogen (secondary N) is 3. The first kappa shape index (κ1) is 14.7. The minimum absolute atomic E-state index is 0.0430. The first-order chi connectivity index (χ1) is 8.73. The van der Waals surface area contributed by atoms with Gasteiger partial charge >= 0.3 is 6.36 Å². The number of alkyl halides is 3. The number of ether oxygens (including phenoxy) is 1. The molecular formula is C11H10F3N3O2. The maximum Gasteiger partial charge on any atom is 0.573 e. The summed E-state index contributed by atoms with van der Waals surface area (Å²) in [6.07, 6.45) is -4.30. The van der Waals surface area contributed by atoms with Crippen LogP contribution in [0, 0.1) is 17.7 Å². The van der Waals surface area contributed by atoms with Gasteiger partial charge in [-0.1, -0.05) is 6.07 Å². The maximum absolute atomic E-state index is 12.1. The van der Waals surface area contributed by atoms with Crippen LogP contribution in [0.1, 0.15) is 5.56 Å². The smallest absolute Gasteiger partial charge is 0.405 e. The molecule has 0 fully saturated rings. The number of carbonyl (C=O) groups excluding carboxylic acids is 1. The third-order valence-electron chi connectivity index (χ3n) is 2.06. The van der Waals surface area contributed by atoms with Gasteiger partial charge in [-0.2, -0.15) is 0 Å². The molecule has 1 aromatic rings.